The molecule has 0 spiro atoms. The Morgan fingerprint density at radius 1 is 0.962 bits per heavy atom. The lowest BCUT2D eigenvalue weighted by Crippen LogP contribution is -2.47. The lowest BCUT2D eigenvalue weighted by molar-refractivity contribution is -0.126. The molecule has 3 aromatic rings. The van der Waals surface area contributed by atoms with Gasteiger partial charge in [-0.3, -0.25) is 0 Å². The van der Waals surface area contributed by atoms with Crippen molar-refractivity contribution in [2.75, 3.05) is 11.6 Å². The molecular formula is C23H23NO2. The minimum atomic E-state index is -0.252. The molecule has 0 aromatic heterocycles. The van der Waals surface area contributed by atoms with Crippen molar-refractivity contribution < 1.29 is 9.47 Å². The van der Waals surface area contributed by atoms with Crippen LogP contribution in [0.1, 0.15) is 44.0 Å². The van der Waals surface area contributed by atoms with Crippen molar-refractivity contribution >= 4 is 16.5 Å². The normalized spacial score (nSPS) is 20.1. The van der Waals surface area contributed by atoms with Gasteiger partial charge in [-0.05, 0) is 41.8 Å². The third kappa shape index (κ3) is 2.10. The summed E-state index contributed by atoms with van der Waals surface area (Å²) in [6, 6.07) is 21.4. The van der Waals surface area contributed by atoms with E-state index in [4.69, 9.17) is 9.47 Å². The molecule has 2 aliphatic rings. The number of hydrogen-bond donors (Lipinski definition) is 0. The first kappa shape index (κ1) is 15.7. The van der Waals surface area contributed by atoms with Crippen molar-refractivity contribution in [3.63, 3.8) is 0 Å². The van der Waals surface area contributed by atoms with E-state index in [9.17, 15) is 0 Å². The Balaban J connectivity index is 1.71. The van der Waals surface area contributed by atoms with Crippen molar-refractivity contribution in [3.8, 4) is 5.75 Å². The van der Waals surface area contributed by atoms with Crippen molar-refractivity contribution in [1.82, 2.24) is 0 Å². The van der Waals surface area contributed by atoms with Crippen LogP contribution in [0.2, 0.25) is 0 Å². The van der Waals surface area contributed by atoms with Gasteiger partial charge in [0.15, 0.2) is 13.0 Å². The highest BCUT2D eigenvalue weighted by atomic mass is 16.6. The smallest absolute Gasteiger partial charge is 0.163 e. The van der Waals surface area contributed by atoms with Crippen LogP contribution >= 0.6 is 0 Å². The number of anilines is 1. The highest BCUT2D eigenvalue weighted by Gasteiger charge is 2.45. The van der Waals surface area contributed by atoms with Gasteiger partial charge in [0.2, 0.25) is 0 Å². The maximum atomic E-state index is 6.82. The molecular weight excluding hydrogens is 322 g/mol. The minimum Gasteiger partial charge on any atom is -0.473 e. The summed E-state index contributed by atoms with van der Waals surface area (Å²) in [5, 5.41) is 2.42. The van der Waals surface area contributed by atoms with E-state index in [1.807, 2.05) is 0 Å². The first-order chi connectivity index (χ1) is 12.8. The van der Waals surface area contributed by atoms with Crippen molar-refractivity contribution in [2.24, 2.45) is 0 Å². The molecule has 0 saturated carbocycles. The van der Waals surface area contributed by atoms with E-state index in [0.717, 1.165) is 24.2 Å². The Hall–Kier alpha value is -2.52. The third-order valence-corrected chi connectivity index (χ3v) is 5.97. The van der Waals surface area contributed by atoms with E-state index in [-0.39, 0.29) is 11.8 Å². The maximum Gasteiger partial charge on any atom is 0.163 e. The quantitative estimate of drug-likeness (QED) is 0.591. The molecule has 0 fully saturated rings. The van der Waals surface area contributed by atoms with Gasteiger partial charge >= 0.3 is 0 Å². The summed E-state index contributed by atoms with van der Waals surface area (Å²) in [5.74, 6) is 0.936. The Bertz CT molecular complexity index is 977. The summed E-state index contributed by atoms with van der Waals surface area (Å²) in [7, 11) is 0. The minimum absolute atomic E-state index is 0.113. The second-order valence-electron chi connectivity index (χ2n) is 7.17. The second kappa shape index (κ2) is 5.75. The topological polar surface area (TPSA) is 21.7 Å². The van der Waals surface area contributed by atoms with Crippen LogP contribution in [-0.2, 0) is 10.3 Å². The highest BCUT2D eigenvalue weighted by Crippen LogP contribution is 2.52. The largest absolute Gasteiger partial charge is 0.473 e. The second-order valence-corrected chi connectivity index (χ2v) is 7.17. The first-order valence-corrected chi connectivity index (χ1v) is 9.45. The fourth-order valence-electron chi connectivity index (χ4n) is 4.44. The molecule has 3 heteroatoms. The molecule has 3 nitrogen and oxygen atoms in total. The van der Waals surface area contributed by atoms with Crippen LogP contribution in [0.25, 0.3) is 10.8 Å². The van der Waals surface area contributed by atoms with Gasteiger partial charge in [-0.2, -0.15) is 0 Å². The van der Waals surface area contributed by atoms with Gasteiger partial charge in [0.05, 0.1) is 5.60 Å². The molecule has 0 N–H and O–H groups in total. The molecule has 132 valence electrons. The predicted molar refractivity (Wildman–Crippen MR) is 104 cm³/mol. The van der Waals surface area contributed by atoms with E-state index in [1.165, 1.54) is 22.0 Å². The molecule has 0 amide bonds. The van der Waals surface area contributed by atoms with Gasteiger partial charge in [0, 0.05) is 16.8 Å². The van der Waals surface area contributed by atoms with Crippen molar-refractivity contribution in [3.05, 3.63) is 71.8 Å². The van der Waals surface area contributed by atoms with Crippen LogP contribution in [0.3, 0.4) is 0 Å². The van der Waals surface area contributed by atoms with Crippen molar-refractivity contribution in [1.29, 1.82) is 0 Å². The summed E-state index contributed by atoms with van der Waals surface area (Å²) in [6.07, 6.45) is 1.79. The summed E-state index contributed by atoms with van der Waals surface area (Å²) >= 11 is 0. The zero-order valence-electron chi connectivity index (χ0n) is 15.2. The number of hydrogen-bond acceptors (Lipinski definition) is 3. The van der Waals surface area contributed by atoms with Crippen LogP contribution in [0.4, 0.5) is 5.69 Å². The van der Waals surface area contributed by atoms with Crippen LogP contribution in [0.15, 0.2) is 60.7 Å². The number of ether oxygens (including phenoxy) is 2. The summed E-state index contributed by atoms with van der Waals surface area (Å²) in [4.78, 5) is 2.25. The van der Waals surface area contributed by atoms with Crippen LogP contribution in [0.5, 0.6) is 5.75 Å². The van der Waals surface area contributed by atoms with Gasteiger partial charge in [0.1, 0.15) is 5.75 Å². The van der Waals surface area contributed by atoms with Gasteiger partial charge in [-0.25, -0.2) is 0 Å². The average Bonchev–Trinajstić information content (AvgIpc) is 2.71. The number of rotatable bonds is 2. The lowest BCUT2D eigenvalue weighted by atomic mass is 9.84. The van der Waals surface area contributed by atoms with E-state index in [2.05, 4.69) is 79.4 Å². The standard InChI is InChI=1S/C23H23NO2/c1-3-23(4-2)19-11-7-8-12-20(19)24-15-25-21-14-17-10-6-5-9-16(17)13-18(21)22(24)26-23/h5-14,22H,3-4,15H2,1-2H3/t22-/m1/s1. The monoisotopic (exact) mass is 345 g/mol. The zero-order chi connectivity index (χ0) is 17.7. The summed E-state index contributed by atoms with van der Waals surface area (Å²) in [5.41, 5.74) is 3.37. The molecule has 2 heterocycles. The molecule has 1 atom stereocenters. The van der Waals surface area contributed by atoms with Crippen LogP contribution in [-0.4, -0.2) is 6.73 Å². The number of para-hydroxylation sites is 1. The number of nitrogens with zero attached hydrogens (tertiary/aromatic N) is 1. The third-order valence-electron chi connectivity index (χ3n) is 5.97. The maximum absolute atomic E-state index is 6.82. The van der Waals surface area contributed by atoms with E-state index in [0.29, 0.717) is 6.73 Å². The summed E-state index contributed by atoms with van der Waals surface area (Å²) < 4.78 is 13.0. The molecule has 0 saturated heterocycles. The Labute approximate surface area is 154 Å². The fourth-order valence-corrected chi connectivity index (χ4v) is 4.44. The predicted octanol–water partition coefficient (Wildman–Crippen LogP) is 5.74. The Morgan fingerprint density at radius 3 is 2.42 bits per heavy atom. The van der Waals surface area contributed by atoms with E-state index in [1.54, 1.807) is 0 Å². The van der Waals surface area contributed by atoms with E-state index < -0.39 is 0 Å². The fraction of sp³-hybridized carbons (Fsp3) is 0.304. The van der Waals surface area contributed by atoms with E-state index >= 15 is 0 Å². The molecule has 0 radical (unpaired) electrons. The van der Waals surface area contributed by atoms with Gasteiger partial charge in [0.25, 0.3) is 0 Å². The van der Waals surface area contributed by atoms with Crippen molar-refractivity contribution in [2.45, 2.75) is 38.5 Å². The molecule has 0 aliphatic carbocycles. The molecule has 5 rings (SSSR count). The molecule has 2 aliphatic heterocycles. The molecule has 0 bridgehead atoms. The zero-order valence-corrected chi connectivity index (χ0v) is 15.2. The number of benzene rings is 3. The average molecular weight is 345 g/mol. The molecule has 26 heavy (non-hydrogen) atoms. The number of fused-ring (bicyclic) bond motifs is 6. The van der Waals surface area contributed by atoms with Gasteiger partial charge < -0.3 is 14.4 Å². The highest BCUT2D eigenvalue weighted by molar-refractivity contribution is 5.85. The molecule has 3 aromatic carbocycles. The molecule has 0 unspecified atom stereocenters. The van der Waals surface area contributed by atoms with Crippen LogP contribution < -0.4 is 9.64 Å². The van der Waals surface area contributed by atoms with Gasteiger partial charge in [-0.15, -0.1) is 0 Å². The van der Waals surface area contributed by atoms with Crippen LogP contribution in [0, 0.1) is 0 Å². The summed E-state index contributed by atoms with van der Waals surface area (Å²) in [6.45, 7) is 4.95. The lowest BCUT2D eigenvalue weighted by Gasteiger charge is -2.50. The SMILES string of the molecule is CCC1(CC)O[C@@H]2c3cc4ccccc4cc3OCN2c2ccccc21. The van der Waals surface area contributed by atoms with Gasteiger partial charge in [-0.1, -0.05) is 56.3 Å². The Kier molecular flexibility index (Phi) is 3.47. The Morgan fingerprint density at radius 2 is 1.65 bits per heavy atom. The first-order valence-electron chi connectivity index (χ1n) is 9.45.